The number of rotatable bonds is 17. The van der Waals surface area contributed by atoms with Crippen molar-refractivity contribution >= 4 is 20.1 Å². The molecule has 0 aromatic heterocycles. The Morgan fingerprint density at radius 2 is 1.46 bits per heavy atom. The van der Waals surface area contributed by atoms with Gasteiger partial charge in [0.25, 0.3) is 0 Å². The molecule has 266 valence electrons. The summed E-state index contributed by atoms with van der Waals surface area (Å²) in [5, 5.41) is 11.0. The third kappa shape index (κ3) is 11.7. The van der Waals surface area contributed by atoms with Gasteiger partial charge in [0.05, 0.1) is 42.7 Å². The number of ether oxygens (including phenoxy) is 4. The Hall–Kier alpha value is -2.82. The molecule has 1 fully saturated rings. The molecule has 0 radical (unpaired) electrons. The molecule has 1 saturated heterocycles. The third-order valence-corrected chi connectivity index (χ3v) is 15.1. The second-order valence-electron chi connectivity index (χ2n) is 14.9. The molecule has 2 aromatic carbocycles. The highest BCUT2D eigenvalue weighted by atomic mass is 28.4. The Balaban J connectivity index is 1.71. The van der Waals surface area contributed by atoms with Gasteiger partial charge in [-0.25, -0.2) is 0 Å². The summed E-state index contributed by atoms with van der Waals surface area (Å²) in [5.74, 6) is -0.785. The Morgan fingerprint density at radius 3 is 2.02 bits per heavy atom. The summed E-state index contributed by atoms with van der Waals surface area (Å²) in [7, 11) is -2.13. The molecule has 0 spiro atoms. The van der Waals surface area contributed by atoms with E-state index in [1.54, 1.807) is 20.8 Å². The molecular formula is C39H58O8Si. The van der Waals surface area contributed by atoms with Gasteiger partial charge in [-0.1, -0.05) is 102 Å². The number of carbonyl (C=O) groups excluding carboxylic acids is 2. The van der Waals surface area contributed by atoms with Crippen LogP contribution in [0.15, 0.2) is 72.5 Å². The van der Waals surface area contributed by atoms with E-state index < -0.39 is 32.2 Å². The fraction of sp³-hybridized carbons (Fsp3) is 0.590. The molecule has 9 heteroatoms. The second kappa shape index (κ2) is 18.2. The fourth-order valence-electron chi connectivity index (χ4n) is 6.63. The van der Waals surface area contributed by atoms with E-state index in [4.69, 9.17) is 23.4 Å². The highest BCUT2D eigenvalue weighted by Crippen LogP contribution is 2.43. The Morgan fingerprint density at radius 1 is 0.896 bits per heavy atom. The summed E-state index contributed by atoms with van der Waals surface area (Å²) in [6.45, 7) is 19.5. The zero-order valence-corrected chi connectivity index (χ0v) is 31.4. The zero-order chi connectivity index (χ0) is 35.5. The van der Waals surface area contributed by atoms with Crippen molar-refractivity contribution in [3.05, 3.63) is 83.6 Å². The average Bonchev–Trinajstić information content (AvgIpc) is 3.02. The molecule has 8 nitrogen and oxygen atoms in total. The van der Waals surface area contributed by atoms with E-state index in [-0.39, 0.29) is 49.7 Å². The highest BCUT2D eigenvalue weighted by Gasteiger charge is 2.46. The molecular weight excluding hydrogens is 625 g/mol. The standard InChI is InChI=1S/C39H58O8Si/c1-27(2)48(28(3)4,29(5)6)45-26-36-23-34(46-37(47-36)31-18-14-11-15-19-31)21-32(40)20-33(41)22-35(25-44-38(42)39(7,8)9)43-24-30-16-12-10-13-17-30/h10-20,27-29,34-37,40H,21-26H2,1-9H3/b32-20-/t34-,35+,36-,37-/m1/s1. The molecule has 1 heterocycles. The van der Waals surface area contributed by atoms with Gasteiger partial charge in [-0.05, 0) is 43.0 Å². The van der Waals surface area contributed by atoms with Gasteiger partial charge in [0.15, 0.2) is 20.4 Å². The number of ketones is 1. The maximum atomic E-state index is 13.2. The number of carbonyl (C=O) groups is 2. The topological polar surface area (TPSA) is 101 Å². The zero-order valence-electron chi connectivity index (χ0n) is 30.4. The summed E-state index contributed by atoms with van der Waals surface area (Å²) >= 11 is 0. The summed E-state index contributed by atoms with van der Waals surface area (Å²) in [6, 6.07) is 19.3. The largest absolute Gasteiger partial charge is 0.512 e. The van der Waals surface area contributed by atoms with Crippen molar-refractivity contribution in [2.75, 3.05) is 13.2 Å². The first-order valence-corrected chi connectivity index (χ1v) is 19.5. The van der Waals surface area contributed by atoms with Crippen LogP contribution in [0.4, 0.5) is 0 Å². The lowest BCUT2D eigenvalue weighted by Gasteiger charge is -2.44. The molecule has 0 saturated carbocycles. The first-order chi connectivity index (χ1) is 22.6. The first kappa shape index (κ1) is 39.6. The lowest BCUT2D eigenvalue weighted by atomic mass is 9.97. The van der Waals surface area contributed by atoms with Crippen LogP contribution in [0.3, 0.4) is 0 Å². The molecule has 0 amide bonds. The van der Waals surface area contributed by atoms with Gasteiger partial charge in [0.2, 0.25) is 0 Å². The molecule has 0 bridgehead atoms. The van der Waals surface area contributed by atoms with E-state index >= 15 is 0 Å². The van der Waals surface area contributed by atoms with Crippen LogP contribution in [0.5, 0.6) is 0 Å². The monoisotopic (exact) mass is 682 g/mol. The lowest BCUT2D eigenvalue weighted by Crippen LogP contribution is -2.50. The Kier molecular flexibility index (Phi) is 15.1. The van der Waals surface area contributed by atoms with Crippen LogP contribution in [0.1, 0.15) is 99.0 Å². The van der Waals surface area contributed by atoms with Gasteiger partial charge < -0.3 is 28.5 Å². The van der Waals surface area contributed by atoms with Crippen LogP contribution < -0.4 is 0 Å². The predicted molar refractivity (Wildman–Crippen MR) is 191 cm³/mol. The number of benzene rings is 2. The van der Waals surface area contributed by atoms with Crippen LogP contribution in [0.2, 0.25) is 16.6 Å². The molecule has 2 aromatic rings. The van der Waals surface area contributed by atoms with Gasteiger partial charge in [-0.15, -0.1) is 0 Å². The van der Waals surface area contributed by atoms with Gasteiger partial charge in [0.1, 0.15) is 6.61 Å². The smallest absolute Gasteiger partial charge is 0.311 e. The van der Waals surface area contributed by atoms with Gasteiger partial charge in [-0.3, -0.25) is 9.59 Å². The lowest BCUT2D eigenvalue weighted by molar-refractivity contribution is -0.253. The molecule has 0 unspecified atom stereocenters. The van der Waals surface area contributed by atoms with Gasteiger partial charge >= 0.3 is 5.97 Å². The minimum absolute atomic E-state index is 0.0572. The van der Waals surface area contributed by atoms with E-state index in [0.29, 0.717) is 29.7 Å². The highest BCUT2D eigenvalue weighted by molar-refractivity contribution is 6.77. The maximum absolute atomic E-state index is 13.2. The third-order valence-electron chi connectivity index (χ3n) is 8.99. The molecule has 4 atom stereocenters. The van der Waals surface area contributed by atoms with E-state index in [1.165, 1.54) is 6.08 Å². The van der Waals surface area contributed by atoms with Crippen LogP contribution in [-0.4, -0.2) is 56.7 Å². The SMILES string of the molecule is CC(C)[Si](OC[C@H]1C[C@@H](C/C(O)=C/C(=O)C[C@@H](COC(=O)C(C)(C)C)OCc2ccccc2)O[C@@H](c2ccccc2)O1)(C(C)C)C(C)C. The minimum Gasteiger partial charge on any atom is -0.512 e. The predicted octanol–water partition coefficient (Wildman–Crippen LogP) is 9.02. The van der Waals surface area contributed by atoms with Crippen LogP contribution >= 0.6 is 0 Å². The first-order valence-electron chi connectivity index (χ1n) is 17.4. The number of esters is 1. The number of aliphatic hydroxyl groups excluding tert-OH is 1. The Bertz CT molecular complexity index is 1280. The van der Waals surface area contributed by atoms with E-state index in [1.807, 2.05) is 60.7 Å². The molecule has 1 aliphatic heterocycles. The van der Waals surface area contributed by atoms with Crippen molar-refractivity contribution in [1.82, 2.24) is 0 Å². The van der Waals surface area contributed by atoms with Crippen LogP contribution in [0, 0.1) is 5.41 Å². The van der Waals surface area contributed by atoms with Crippen LogP contribution in [0.25, 0.3) is 0 Å². The minimum atomic E-state index is -2.13. The maximum Gasteiger partial charge on any atom is 0.311 e. The number of aliphatic hydroxyl groups is 1. The van der Waals surface area contributed by atoms with E-state index in [0.717, 1.165) is 11.1 Å². The van der Waals surface area contributed by atoms with E-state index in [2.05, 4.69) is 41.5 Å². The summed E-state index contributed by atoms with van der Waals surface area (Å²) in [6.07, 6.45) is -0.0998. The van der Waals surface area contributed by atoms with Crippen molar-refractivity contribution in [1.29, 1.82) is 0 Å². The normalized spacial score (nSPS) is 19.9. The molecule has 0 aliphatic carbocycles. The van der Waals surface area contributed by atoms with E-state index in [9.17, 15) is 14.7 Å². The summed E-state index contributed by atoms with van der Waals surface area (Å²) in [5.41, 5.74) is 2.46. The average molecular weight is 683 g/mol. The van der Waals surface area contributed by atoms with Gasteiger partial charge in [-0.2, -0.15) is 0 Å². The van der Waals surface area contributed by atoms with Crippen molar-refractivity contribution in [2.45, 2.75) is 129 Å². The molecule has 3 rings (SSSR count). The van der Waals surface area contributed by atoms with Crippen molar-refractivity contribution in [3.63, 3.8) is 0 Å². The van der Waals surface area contributed by atoms with Gasteiger partial charge in [0, 0.05) is 30.9 Å². The number of hydrogen-bond donors (Lipinski definition) is 1. The molecule has 1 aliphatic rings. The second-order valence-corrected chi connectivity index (χ2v) is 20.4. The van der Waals surface area contributed by atoms with Crippen molar-refractivity contribution in [2.24, 2.45) is 5.41 Å². The Labute approximate surface area is 289 Å². The molecule has 1 N–H and O–H groups in total. The fourth-order valence-corrected chi connectivity index (χ4v) is 12.1. The summed E-state index contributed by atoms with van der Waals surface area (Å²) < 4.78 is 31.2. The number of allylic oxidation sites excluding steroid dienone is 1. The van der Waals surface area contributed by atoms with Crippen molar-refractivity contribution < 1.29 is 38.1 Å². The quantitative estimate of drug-likeness (QED) is 0.0764. The van der Waals surface area contributed by atoms with Crippen LogP contribution in [-0.2, 0) is 39.6 Å². The number of hydrogen-bond acceptors (Lipinski definition) is 8. The molecule has 48 heavy (non-hydrogen) atoms. The van der Waals surface area contributed by atoms with Crippen molar-refractivity contribution in [3.8, 4) is 0 Å². The summed E-state index contributed by atoms with van der Waals surface area (Å²) in [4.78, 5) is 25.6.